The first kappa shape index (κ1) is 17.1. The molecular formula is C16H14ClNO5. The monoisotopic (exact) mass is 335 g/mol. The van der Waals surface area contributed by atoms with Crippen molar-refractivity contribution >= 4 is 0 Å². The van der Waals surface area contributed by atoms with E-state index in [9.17, 15) is 0 Å². The molecule has 0 atom stereocenters. The summed E-state index contributed by atoms with van der Waals surface area (Å²) in [5.41, 5.74) is 2.18. The Labute approximate surface area is 135 Å². The van der Waals surface area contributed by atoms with E-state index in [4.69, 9.17) is 23.1 Å². The summed E-state index contributed by atoms with van der Waals surface area (Å²) in [6.45, 7) is 0. The molecule has 1 heterocycles. The summed E-state index contributed by atoms with van der Waals surface area (Å²) in [5.74, 6) is 1.76. The summed E-state index contributed by atoms with van der Waals surface area (Å²) in [7, 11) is -2.95. The number of aromatic nitrogens is 1. The lowest BCUT2D eigenvalue weighted by Gasteiger charge is -2.17. The average molecular weight is 336 g/mol. The van der Waals surface area contributed by atoms with E-state index in [0.717, 1.165) is 22.8 Å². The van der Waals surface area contributed by atoms with E-state index in [1.807, 2.05) is 78.5 Å². The molecule has 2 aromatic carbocycles. The minimum atomic E-state index is -4.94. The molecular weight excluding hydrogens is 322 g/mol. The zero-order valence-corrected chi connectivity index (χ0v) is 13.0. The van der Waals surface area contributed by atoms with Crippen LogP contribution in [0.2, 0.25) is 0 Å². The molecule has 0 unspecified atom stereocenters. The molecule has 23 heavy (non-hydrogen) atoms. The van der Waals surface area contributed by atoms with Gasteiger partial charge in [0.2, 0.25) is 12.0 Å². The van der Waals surface area contributed by atoms with E-state index >= 15 is 0 Å². The molecule has 120 valence electrons. The van der Waals surface area contributed by atoms with Crippen LogP contribution in [0.15, 0.2) is 71.3 Å². The highest BCUT2D eigenvalue weighted by Crippen LogP contribution is 2.23. The first-order valence-electron chi connectivity index (χ1n) is 6.56. The Morgan fingerprint density at radius 2 is 1.22 bits per heavy atom. The van der Waals surface area contributed by atoms with Crippen LogP contribution in [0, 0.1) is 10.2 Å². The molecule has 7 heteroatoms. The highest BCUT2D eigenvalue weighted by molar-refractivity contribution is 5.58. The minimum Gasteiger partial charge on any atom is -0.398 e. The number of hydrogen-bond acceptors (Lipinski definition) is 5. The van der Waals surface area contributed by atoms with Crippen LogP contribution < -0.4 is 23.2 Å². The third-order valence-corrected chi connectivity index (χ3v) is 2.92. The van der Waals surface area contributed by atoms with Crippen LogP contribution in [-0.4, -0.2) is 0 Å². The van der Waals surface area contributed by atoms with Crippen molar-refractivity contribution < 1.29 is 37.9 Å². The Morgan fingerprint density at radius 3 is 1.70 bits per heavy atom. The second-order valence-electron chi connectivity index (χ2n) is 4.62. The number of aryl methyl sites for hydroxylation is 1. The quantitative estimate of drug-likeness (QED) is 0.540. The third kappa shape index (κ3) is 5.48. The van der Waals surface area contributed by atoms with Crippen molar-refractivity contribution in [2.24, 2.45) is 7.05 Å². The Hall–Kier alpha value is -2.22. The van der Waals surface area contributed by atoms with Crippen molar-refractivity contribution in [2.45, 2.75) is 0 Å². The van der Waals surface area contributed by atoms with Crippen LogP contribution in [0.25, 0.3) is 22.8 Å². The summed E-state index contributed by atoms with van der Waals surface area (Å²) in [6.07, 6.45) is 2.01. The smallest absolute Gasteiger partial charge is 0.380 e. The molecule has 0 bridgehead atoms. The summed E-state index contributed by atoms with van der Waals surface area (Å²) < 4.78 is 41.9. The van der Waals surface area contributed by atoms with Crippen molar-refractivity contribution in [3.8, 4) is 22.8 Å². The lowest BCUT2D eigenvalue weighted by Crippen LogP contribution is -2.68. The van der Waals surface area contributed by atoms with Crippen LogP contribution in [-0.2, 0) is 7.05 Å². The number of oxazole rings is 1. The molecule has 6 nitrogen and oxygen atoms in total. The first-order valence-corrected chi connectivity index (χ1v) is 7.80. The van der Waals surface area contributed by atoms with E-state index in [2.05, 4.69) is 0 Å². The molecule has 0 amide bonds. The molecule has 0 aliphatic carbocycles. The van der Waals surface area contributed by atoms with Crippen molar-refractivity contribution in [1.82, 2.24) is 0 Å². The fourth-order valence-corrected chi connectivity index (χ4v) is 2.02. The largest absolute Gasteiger partial charge is 0.398 e. The zero-order chi connectivity index (χ0) is 16.9. The van der Waals surface area contributed by atoms with Gasteiger partial charge in [-0.3, -0.25) is 0 Å². The zero-order valence-electron chi connectivity index (χ0n) is 12.2. The lowest BCUT2D eigenvalue weighted by atomic mass is 10.2. The predicted molar refractivity (Wildman–Crippen MR) is 70.8 cm³/mol. The maximum atomic E-state index is 8.49. The van der Waals surface area contributed by atoms with Gasteiger partial charge >= 0.3 is 5.89 Å². The summed E-state index contributed by atoms with van der Waals surface area (Å²) in [6, 6.07) is 20.3. The maximum absolute atomic E-state index is 8.49. The normalized spacial score (nSPS) is 10.8. The van der Waals surface area contributed by atoms with Gasteiger partial charge in [-0.05, 0) is 12.1 Å². The summed E-state index contributed by atoms with van der Waals surface area (Å²) in [5, 5.41) is 0. The number of benzene rings is 2. The van der Waals surface area contributed by atoms with E-state index in [-0.39, 0.29) is 0 Å². The van der Waals surface area contributed by atoms with Crippen molar-refractivity contribution in [3.63, 3.8) is 0 Å². The molecule has 3 aromatic rings. The fourth-order valence-electron chi connectivity index (χ4n) is 2.02. The molecule has 0 saturated heterocycles. The molecule has 3 rings (SSSR count). The number of nitrogens with zero attached hydrogens (tertiary/aromatic N) is 1. The molecule has 1 aromatic heterocycles. The van der Waals surface area contributed by atoms with Gasteiger partial charge in [0.15, 0.2) is 0 Å². The van der Waals surface area contributed by atoms with Crippen LogP contribution in [0.5, 0.6) is 0 Å². The van der Waals surface area contributed by atoms with Gasteiger partial charge < -0.3 is 4.42 Å². The fraction of sp³-hybridized carbons (Fsp3) is 0.0625. The highest BCUT2D eigenvalue weighted by Gasteiger charge is 2.18. The first-order chi connectivity index (χ1) is 10.8. The van der Waals surface area contributed by atoms with Gasteiger partial charge in [0.25, 0.3) is 0 Å². The van der Waals surface area contributed by atoms with Crippen LogP contribution >= 0.6 is 0 Å². The Balaban J connectivity index is 0.000000338. The van der Waals surface area contributed by atoms with E-state index in [1.165, 1.54) is 0 Å². The van der Waals surface area contributed by atoms with Crippen molar-refractivity contribution in [2.75, 3.05) is 0 Å². The van der Waals surface area contributed by atoms with Gasteiger partial charge in [-0.2, -0.15) is 4.57 Å². The van der Waals surface area contributed by atoms with Gasteiger partial charge in [-0.15, -0.1) is 10.2 Å². The molecule has 0 radical (unpaired) electrons. The molecule has 0 aliphatic heterocycles. The van der Waals surface area contributed by atoms with Gasteiger partial charge in [-0.1, -0.05) is 48.5 Å². The molecule has 0 spiro atoms. The maximum Gasteiger partial charge on any atom is 0.380 e. The van der Waals surface area contributed by atoms with Crippen molar-refractivity contribution in [1.29, 1.82) is 0 Å². The van der Waals surface area contributed by atoms with Gasteiger partial charge in [-0.25, -0.2) is 18.6 Å². The molecule has 0 N–H and O–H groups in total. The van der Waals surface area contributed by atoms with Crippen LogP contribution in [0.1, 0.15) is 0 Å². The van der Waals surface area contributed by atoms with Crippen LogP contribution in [0.4, 0.5) is 0 Å². The highest BCUT2D eigenvalue weighted by atomic mass is 35.7. The van der Waals surface area contributed by atoms with Gasteiger partial charge in [0, 0.05) is 5.56 Å². The predicted octanol–water partition coefficient (Wildman–Crippen LogP) is -1.32. The van der Waals surface area contributed by atoms with E-state index in [1.54, 1.807) is 0 Å². The van der Waals surface area contributed by atoms with Gasteiger partial charge in [0.1, 0.15) is 7.05 Å². The second kappa shape index (κ2) is 7.36. The second-order valence-corrected chi connectivity index (χ2v) is 5.38. The SMILES string of the molecule is C[n+]1cc(-c2ccccc2)oc1-c1ccccc1.[O-][Cl+3]([O-])([O-])[O-]. The number of halogens is 1. The molecule has 0 aliphatic rings. The molecule has 0 fully saturated rings. The third-order valence-electron chi connectivity index (χ3n) is 2.92. The van der Waals surface area contributed by atoms with Gasteiger partial charge in [0.05, 0.1) is 5.56 Å². The number of hydrogen-bond donors (Lipinski definition) is 0. The van der Waals surface area contributed by atoms with E-state index in [0.29, 0.717) is 0 Å². The number of rotatable bonds is 2. The standard InChI is InChI=1S/C16H14NO.ClHO4/c1-17-12-15(13-8-4-2-5-9-13)18-16(17)14-10-6-3-7-11-14;2-1(3,4)5/h2-12H,1H3;(H,2,3,4,5)/q+1;/p-1. The Morgan fingerprint density at radius 1 is 0.783 bits per heavy atom. The lowest BCUT2D eigenvalue weighted by molar-refractivity contribution is -2.00. The topological polar surface area (TPSA) is 109 Å². The minimum absolute atomic E-state index is 0.870. The Kier molecular flexibility index (Phi) is 5.49. The summed E-state index contributed by atoms with van der Waals surface area (Å²) >= 11 is 0. The van der Waals surface area contributed by atoms with E-state index < -0.39 is 10.2 Å². The molecule has 0 saturated carbocycles. The summed E-state index contributed by atoms with van der Waals surface area (Å²) in [4.78, 5) is 0. The average Bonchev–Trinajstić information content (AvgIpc) is 2.89. The van der Waals surface area contributed by atoms with Crippen molar-refractivity contribution in [3.05, 3.63) is 66.9 Å². The Bertz CT molecular complexity index is 732. The van der Waals surface area contributed by atoms with Crippen LogP contribution in [0.3, 0.4) is 0 Å².